The summed E-state index contributed by atoms with van der Waals surface area (Å²) < 4.78 is 0. The van der Waals surface area contributed by atoms with Gasteiger partial charge in [0.05, 0.1) is 0 Å². The van der Waals surface area contributed by atoms with Crippen LogP contribution in [-0.2, 0) is 0 Å². The van der Waals surface area contributed by atoms with Crippen molar-refractivity contribution in [2.45, 2.75) is 39.2 Å². The number of piperidine rings is 1. The topological polar surface area (TPSA) is 18.5 Å². The van der Waals surface area contributed by atoms with E-state index in [4.69, 9.17) is 0 Å². The Morgan fingerprint density at radius 1 is 1.33 bits per heavy atom. The average molecular weight is 253 g/mol. The van der Waals surface area contributed by atoms with Crippen molar-refractivity contribution in [3.63, 3.8) is 0 Å². The number of hydrogen-bond acceptors (Lipinski definition) is 3. The quantitative estimate of drug-likeness (QED) is 0.822. The summed E-state index contributed by atoms with van der Waals surface area (Å²) in [6.07, 6.45) is 4.19. The summed E-state index contributed by atoms with van der Waals surface area (Å²) >= 11 is 0. The normalized spacial score (nSPS) is 33.5. The maximum atomic E-state index is 3.55. The van der Waals surface area contributed by atoms with Gasteiger partial charge in [-0.1, -0.05) is 6.92 Å². The molecule has 2 aliphatic heterocycles. The fourth-order valence-electron chi connectivity index (χ4n) is 3.48. The van der Waals surface area contributed by atoms with E-state index in [1.807, 2.05) is 0 Å². The summed E-state index contributed by atoms with van der Waals surface area (Å²) in [5.41, 5.74) is 0. The molecular weight excluding hydrogens is 222 g/mol. The second-order valence-electron chi connectivity index (χ2n) is 6.52. The number of nitrogens with one attached hydrogen (secondary N) is 1. The average Bonchev–Trinajstić information content (AvgIpc) is 2.38. The molecule has 106 valence electrons. The molecule has 0 radical (unpaired) electrons. The van der Waals surface area contributed by atoms with Crippen molar-refractivity contribution in [2.24, 2.45) is 11.8 Å². The van der Waals surface area contributed by atoms with Crippen LogP contribution < -0.4 is 5.32 Å². The molecule has 0 bridgehead atoms. The van der Waals surface area contributed by atoms with E-state index in [9.17, 15) is 0 Å². The van der Waals surface area contributed by atoms with Gasteiger partial charge in [-0.05, 0) is 64.7 Å². The first kappa shape index (κ1) is 14.3. The summed E-state index contributed by atoms with van der Waals surface area (Å²) in [5, 5.41) is 3.55. The Morgan fingerprint density at radius 3 is 2.83 bits per heavy atom. The lowest BCUT2D eigenvalue weighted by atomic mass is 9.85. The zero-order valence-corrected chi connectivity index (χ0v) is 12.5. The van der Waals surface area contributed by atoms with Crippen LogP contribution in [0.3, 0.4) is 0 Å². The highest BCUT2D eigenvalue weighted by Crippen LogP contribution is 2.23. The third kappa shape index (κ3) is 3.94. The highest BCUT2D eigenvalue weighted by Gasteiger charge is 2.24. The molecule has 3 heteroatoms. The molecule has 3 atom stereocenters. The SMILES string of the molecule is CC(CCN1CCN(C)CC1C)C1CCCNC1. The van der Waals surface area contributed by atoms with E-state index in [0.717, 1.165) is 17.9 Å². The second kappa shape index (κ2) is 6.88. The molecule has 0 aliphatic carbocycles. The fourth-order valence-corrected chi connectivity index (χ4v) is 3.48. The summed E-state index contributed by atoms with van der Waals surface area (Å²) in [5.74, 6) is 1.80. The zero-order valence-electron chi connectivity index (χ0n) is 12.5. The van der Waals surface area contributed by atoms with Crippen LogP contribution in [0.15, 0.2) is 0 Å². The first-order valence-electron chi connectivity index (χ1n) is 7.80. The van der Waals surface area contributed by atoms with Crippen LogP contribution in [0, 0.1) is 11.8 Å². The molecule has 0 spiro atoms. The summed E-state index contributed by atoms with van der Waals surface area (Å²) in [4.78, 5) is 5.14. The van der Waals surface area contributed by atoms with E-state index in [0.29, 0.717) is 0 Å². The van der Waals surface area contributed by atoms with Gasteiger partial charge < -0.3 is 10.2 Å². The van der Waals surface area contributed by atoms with Gasteiger partial charge in [0.15, 0.2) is 0 Å². The van der Waals surface area contributed by atoms with E-state index in [-0.39, 0.29) is 0 Å². The van der Waals surface area contributed by atoms with Crippen molar-refractivity contribution in [3.8, 4) is 0 Å². The Hall–Kier alpha value is -0.120. The molecule has 0 aromatic heterocycles. The Balaban J connectivity index is 1.70. The molecule has 2 aliphatic rings. The predicted molar refractivity (Wildman–Crippen MR) is 77.9 cm³/mol. The first-order valence-corrected chi connectivity index (χ1v) is 7.80. The van der Waals surface area contributed by atoms with Crippen LogP contribution in [0.5, 0.6) is 0 Å². The smallest absolute Gasteiger partial charge is 0.0195 e. The van der Waals surface area contributed by atoms with Gasteiger partial charge in [0.25, 0.3) is 0 Å². The minimum Gasteiger partial charge on any atom is -0.316 e. The van der Waals surface area contributed by atoms with Gasteiger partial charge in [0, 0.05) is 25.7 Å². The van der Waals surface area contributed by atoms with Crippen LogP contribution in [0.4, 0.5) is 0 Å². The monoisotopic (exact) mass is 253 g/mol. The van der Waals surface area contributed by atoms with Gasteiger partial charge in [0.2, 0.25) is 0 Å². The van der Waals surface area contributed by atoms with Gasteiger partial charge in [-0.25, -0.2) is 0 Å². The predicted octanol–water partition coefficient (Wildman–Crippen LogP) is 1.65. The summed E-state index contributed by atoms with van der Waals surface area (Å²) in [6, 6.07) is 0.737. The zero-order chi connectivity index (χ0) is 13.0. The Kier molecular flexibility index (Phi) is 5.46. The molecule has 2 rings (SSSR count). The lowest BCUT2D eigenvalue weighted by Gasteiger charge is -2.39. The number of rotatable bonds is 4. The number of likely N-dealkylation sites (N-methyl/N-ethyl adjacent to an activating group) is 1. The van der Waals surface area contributed by atoms with E-state index in [1.165, 1.54) is 58.5 Å². The highest BCUT2D eigenvalue weighted by molar-refractivity contribution is 4.79. The number of nitrogens with zero attached hydrogens (tertiary/aromatic N) is 2. The van der Waals surface area contributed by atoms with Gasteiger partial charge in [-0.3, -0.25) is 4.90 Å². The third-order valence-electron chi connectivity index (χ3n) is 4.98. The van der Waals surface area contributed by atoms with Crippen molar-refractivity contribution >= 4 is 0 Å². The number of hydrogen-bond donors (Lipinski definition) is 1. The fraction of sp³-hybridized carbons (Fsp3) is 1.00. The molecule has 0 aromatic rings. The van der Waals surface area contributed by atoms with Gasteiger partial charge in [-0.2, -0.15) is 0 Å². The molecule has 2 fully saturated rings. The summed E-state index contributed by atoms with van der Waals surface area (Å²) in [6.45, 7) is 12.3. The minimum atomic E-state index is 0.737. The maximum absolute atomic E-state index is 3.55. The molecule has 2 saturated heterocycles. The molecule has 0 saturated carbocycles. The lowest BCUT2D eigenvalue weighted by Crippen LogP contribution is -2.50. The van der Waals surface area contributed by atoms with E-state index in [1.54, 1.807) is 0 Å². The van der Waals surface area contributed by atoms with E-state index in [2.05, 4.69) is 36.0 Å². The van der Waals surface area contributed by atoms with Crippen LogP contribution in [0.2, 0.25) is 0 Å². The first-order chi connectivity index (χ1) is 8.66. The highest BCUT2D eigenvalue weighted by atomic mass is 15.3. The van der Waals surface area contributed by atoms with Gasteiger partial charge in [0.1, 0.15) is 0 Å². The Bertz CT molecular complexity index is 238. The van der Waals surface area contributed by atoms with Crippen LogP contribution >= 0.6 is 0 Å². The molecular formula is C15H31N3. The van der Waals surface area contributed by atoms with Crippen molar-refractivity contribution in [1.29, 1.82) is 0 Å². The molecule has 3 unspecified atom stereocenters. The van der Waals surface area contributed by atoms with E-state index < -0.39 is 0 Å². The van der Waals surface area contributed by atoms with Gasteiger partial charge >= 0.3 is 0 Å². The Labute approximate surface area is 113 Å². The van der Waals surface area contributed by atoms with Crippen LogP contribution in [-0.4, -0.2) is 62.2 Å². The molecule has 0 amide bonds. The van der Waals surface area contributed by atoms with Crippen molar-refractivity contribution in [1.82, 2.24) is 15.1 Å². The van der Waals surface area contributed by atoms with Gasteiger partial charge in [-0.15, -0.1) is 0 Å². The van der Waals surface area contributed by atoms with E-state index >= 15 is 0 Å². The van der Waals surface area contributed by atoms with Crippen LogP contribution in [0.25, 0.3) is 0 Å². The van der Waals surface area contributed by atoms with Crippen LogP contribution in [0.1, 0.15) is 33.1 Å². The second-order valence-corrected chi connectivity index (χ2v) is 6.52. The maximum Gasteiger partial charge on any atom is 0.0195 e. The molecule has 2 heterocycles. The van der Waals surface area contributed by atoms with Crippen molar-refractivity contribution in [2.75, 3.05) is 46.3 Å². The number of piperazine rings is 1. The molecule has 1 N–H and O–H groups in total. The lowest BCUT2D eigenvalue weighted by molar-refractivity contribution is 0.0903. The third-order valence-corrected chi connectivity index (χ3v) is 4.98. The Morgan fingerprint density at radius 2 is 2.17 bits per heavy atom. The van der Waals surface area contributed by atoms with Crippen molar-refractivity contribution < 1.29 is 0 Å². The minimum absolute atomic E-state index is 0.737. The molecule has 0 aromatic carbocycles. The summed E-state index contributed by atoms with van der Waals surface area (Å²) in [7, 11) is 2.24. The standard InChI is InChI=1S/C15H31N3/c1-13(15-5-4-7-16-11-15)6-8-18-10-9-17(3)12-14(18)2/h13-16H,4-12H2,1-3H3. The van der Waals surface area contributed by atoms with Crippen molar-refractivity contribution in [3.05, 3.63) is 0 Å². The molecule has 3 nitrogen and oxygen atoms in total. The largest absolute Gasteiger partial charge is 0.316 e. The molecule has 18 heavy (non-hydrogen) atoms.